The number of benzene rings is 1. The first kappa shape index (κ1) is 11.5. The molecule has 0 saturated carbocycles. The highest BCUT2D eigenvalue weighted by molar-refractivity contribution is 8.04. The number of hydrogen-bond acceptors (Lipinski definition) is 2. The lowest BCUT2D eigenvalue weighted by Crippen LogP contribution is -1.92. The van der Waals surface area contributed by atoms with Crippen LogP contribution in [0.3, 0.4) is 0 Å². The fraction of sp³-hybridized carbons (Fsp3) is 0.357. The normalized spacial score (nSPS) is 19.6. The Balaban J connectivity index is 2.07. The van der Waals surface area contributed by atoms with Gasteiger partial charge in [-0.1, -0.05) is 37.3 Å². The van der Waals surface area contributed by atoms with E-state index in [9.17, 15) is 4.79 Å². The number of aryl methyl sites for hydroxylation is 1. The van der Waals surface area contributed by atoms with Crippen LogP contribution in [0.15, 0.2) is 35.2 Å². The van der Waals surface area contributed by atoms with Gasteiger partial charge in [-0.2, -0.15) is 0 Å². The van der Waals surface area contributed by atoms with Gasteiger partial charge in [-0.15, -0.1) is 11.8 Å². The standard InChI is InChI=1S/C14H16OS/c1-3-11-4-6-12(7-5-11)14-9-8-13(16-14)10(2)15/h4-8,14H,3,9H2,1-2H3. The summed E-state index contributed by atoms with van der Waals surface area (Å²) in [5.74, 6) is 0.192. The maximum Gasteiger partial charge on any atom is 0.165 e. The zero-order valence-corrected chi connectivity index (χ0v) is 10.5. The number of rotatable bonds is 3. The molecule has 2 heteroatoms. The van der Waals surface area contributed by atoms with Crippen molar-refractivity contribution in [3.8, 4) is 0 Å². The van der Waals surface area contributed by atoms with Crippen molar-refractivity contribution < 1.29 is 4.79 Å². The number of allylic oxidation sites excluding steroid dienone is 2. The molecular weight excluding hydrogens is 216 g/mol. The Morgan fingerprint density at radius 2 is 2.06 bits per heavy atom. The molecule has 0 fully saturated rings. The molecule has 0 bridgehead atoms. The van der Waals surface area contributed by atoms with Crippen molar-refractivity contribution in [3.05, 3.63) is 46.4 Å². The Morgan fingerprint density at radius 1 is 1.38 bits per heavy atom. The summed E-state index contributed by atoms with van der Waals surface area (Å²) in [5.41, 5.74) is 2.70. The van der Waals surface area contributed by atoms with Gasteiger partial charge in [0.2, 0.25) is 0 Å². The van der Waals surface area contributed by atoms with Gasteiger partial charge in [-0.25, -0.2) is 0 Å². The molecule has 0 aromatic heterocycles. The van der Waals surface area contributed by atoms with Crippen LogP contribution in [-0.2, 0) is 11.2 Å². The third-order valence-corrected chi connectivity index (χ3v) is 4.35. The first-order valence-electron chi connectivity index (χ1n) is 5.67. The van der Waals surface area contributed by atoms with Crippen LogP contribution in [0.4, 0.5) is 0 Å². The summed E-state index contributed by atoms with van der Waals surface area (Å²) >= 11 is 1.70. The van der Waals surface area contributed by atoms with Gasteiger partial charge >= 0.3 is 0 Å². The van der Waals surface area contributed by atoms with E-state index in [4.69, 9.17) is 0 Å². The summed E-state index contributed by atoms with van der Waals surface area (Å²) in [7, 11) is 0. The van der Waals surface area contributed by atoms with E-state index >= 15 is 0 Å². The van der Waals surface area contributed by atoms with Crippen LogP contribution in [0.25, 0.3) is 0 Å². The van der Waals surface area contributed by atoms with Crippen molar-refractivity contribution in [2.24, 2.45) is 0 Å². The summed E-state index contributed by atoms with van der Waals surface area (Å²) in [6.07, 6.45) is 4.12. The highest BCUT2D eigenvalue weighted by atomic mass is 32.2. The molecule has 0 aliphatic carbocycles. The SMILES string of the molecule is CCc1ccc(C2CC=C(C(C)=O)S2)cc1. The van der Waals surface area contributed by atoms with E-state index in [0.717, 1.165) is 17.7 Å². The number of Topliss-reactive ketones (excluding diaryl/α,β-unsaturated/α-hetero) is 1. The summed E-state index contributed by atoms with van der Waals surface area (Å²) < 4.78 is 0. The van der Waals surface area contributed by atoms with Gasteiger partial charge in [0.05, 0.1) is 0 Å². The minimum absolute atomic E-state index is 0.192. The van der Waals surface area contributed by atoms with E-state index in [-0.39, 0.29) is 5.78 Å². The van der Waals surface area contributed by atoms with E-state index in [1.54, 1.807) is 18.7 Å². The van der Waals surface area contributed by atoms with Gasteiger partial charge in [0.25, 0.3) is 0 Å². The molecule has 1 heterocycles. The van der Waals surface area contributed by atoms with Crippen molar-refractivity contribution in [2.45, 2.75) is 31.9 Å². The maximum atomic E-state index is 11.2. The predicted octanol–water partition coefficient (Wildman–Crippen LogP) is 3.90. The molecule has 0 saturated heterocycles. The van der Waals surface area contributed by atoms with Gasteiger partial charge in [0.15, 0.2) is 5.78 Å². The lowest BCUT2D eigenvalue weighted by Gasteiger charge is -2.10. The summed E-state index contributed by atoms with van der Waals surface area (Å²) in [4.78, 5) is 12.2. The zero-order valence-electron chi connectivity index (χ0n) is 9.69. The third-order valence-electron chi connectivity index (χ3n) is 2.89. The van der Waals surface area contributed by atoms with Crippen molar-refractivity contribution >= 4 is 17.5 Å². The molecule has 2 rings (SSSR count). The van der Waals surface area contributed by atoms with Gasteiger partial charge in [-0.3, -0.25) is 4.79 Å². The van der Waals surface area contributed by atoms with Gasteiger partial charge in [0.1, 0.15) is 0 Å². The summed E-state index contributed by atoms with van der Waals surface area (Å²) in [6.45, 7) is 3.80. The first-order chi connectivity index (χ1) is 7.70. The molecular formula is C14H16OS. The number of ketones is 1. The topological polar surface area (TPSA) is 17.1 Å². The largest absolute Gasteiger partial charge is 0.294 e. The number of carbonyl (C=O) groups excluding carboxylic acids is 1. The van der Waals surface area contributed by atoms with Crippen molar-refractivity contribution in [1.82, 2.24) is 0 Å². The van der Waals surface area contributed by atoms with Gasteiger partial charge in [0, 0.05) is 10.2 Å². The summed E-state index contributed by atoms with van der Waals surface area (Å²) in [6, 6.07) is 8.74. The van der Waals surface area contributed by atoms with Crippen molar-refractivity contribution in [2.75, 3.05) is 0 Å². The Morgan fingerprint density at radius 3 is 2.56 bits per heavy atom. The Hall–Kier alpha value is -1.02. The zero-order chi connectivity index (χ0) is 11.5. The quantitative estimate of drug-likeness (QED) is 0.786. The monoisotopic (exact) mass is 232 g/mol. The van der Waals surface area contributed by atoms with Gasteiger partial charge in [-0.05, 0) is 30.9 Å². The molecule has 0 radical (unpaired) electrons. The van der Waals surface area contributed by atoms with Crippen LogP contribution >= 0.6 is 11.8 Å². The minimum atomic E-state index is 0.192. The summed E-state index contributed by atoms with van der Waals surface area (Å²) in [5, 5.41) is 0.435. The molecule has 1 aliphatic heterocycles. The van der Waals surface area contributed by atoms with E-state index in [1.165, 1.54) is 11.1 Å². The number of thioether (sulfide) groups is 1. The van der Waals surface area contributed by atoms with Crippen LogP contribution in [0.2, 0.25) is 0 Å². The molecule has 1 nitrogen and oxygen atoms in total. The molecule has 16 heavy (non-hydrogen) atoms. The second kappa shape index (κ2) is 4.88. The van der Waals surface area contributed by atoms with Crippen LogP contribution < -0.4 is 0 Å². The van der Waals surface area contributed by atoms with E-state index in [2.05, 4.69) is 37.3 Å². The number of hydrogen-bond donors (Lipinski definition) is 0. The Labute approximate surface area is 101 Å². The average Bonchev–Trinajstić information content (AvgIpc) is 2.78. The first-order valence-corrected chi connectivity index (χ1v) is 6.55. The number of carbonyl (C=O) groups is 1. The molecule has 1 aliphatic rings. The minimum Gasteiger partial charge on any atom is -0.294 e. The second-order valence-corrected chi connectivity index (χ2v) is 5.31. The van der Waals surface area contributed by atoms with Crippen LogP contribution in [0.1, 0.15) is 36.6 Å². The molecule has 1 aromatic carbocycles. The molecule has 0 spiro atoms. The molecule has 0 N–H and O–H groups in total. The third kappa shape index (κ3) is 2.38. The second-order valence-electron chi connectivity index (χ2n) is 4.06. The molecule has 1 unspecified atom stereocenters. The van der Waals surface area contributed by atoms with Crippen LogP contribution in [0.5, 0.6) is 0 Å². The maximum absolute atomic E-state index is 11.2. The molecule has 84 valence electrons. The van der Waals surface area contributed by atoms with Gasteiger partial charge < -0.3 is 0 Å². The lowest BCUT2D eigenvalue weighted by molar-refractivity contribution is -0.112. The average molecular weight is 232 g/mol. The highest BCUT2D eigenvalue weighted by Crippen LogP contribution is 2.43. The fourth-order valence-electron chi connectivity index (χ4n) is 1.86. The van der Waals surface area contributed by atoms with E-state index in [1.807, 2.05) is 0 Å². The Kier molecular flexibility index (Phi) is 3.49. The van der Waals surface area contributed by atoms with Crippen molar-refractivity contribution in [3.63, 3.8) is 0 Å². The van der Waals surface area contributed by atoms with E-state index in [0.29, 0.717) is 5.25 Å². The highest BCUT2D eigenvalue weighted by Gasteiger charge is 2.21. The molecule has 0 amide bonds. The molecule has 1 aromatic rings. The van der Waals surface area contributed by atoms with Crippen LogP contribution in [0, 0.1) is 0 Å². The predicted molar refractivity (Wildman–Crippen MR) is 69.5 cm³/mol. The fourth-order valence-corrected chi connectivity index (χ4v) is 3.01. The Bertz CT molecular complexity index is 417. The molecule has 1 atom stereocenters. The lowest BCUT2D eigenvalue weighted by atomic mass is 10.1. The van der Waals surface area contributed by atoms with Crippen LogP contribution in [-0.4, -0.2) is 5.78 Å². The van der Waals surface area contributed by atoms with Crippen molar-refractivity contribution in [1.29, 1.82) is 0 Å². The smallest absolute Gasteiger partial charge is 0.165 e. The van der Waals surface area contributed by atoms with E-state index < -0.39 is 0 Å².